The van der Waals surface area contributed by atoms with E-state index >= 15 is 0 Å². The number of carbonyl (C=O) groups excluding carboxylic acids is 1. The van der Waals surface area contributed by atoms with Crippen LogP contribution in [0.2, 0.25) is 0 Å². The van der Waals surface area contributed by atoms with Crippen molar-refractivity contribution in [1.29, 1.82) is 0 Å². The van der Waals surface area contributed by atoms with Crippen LogP contribution >= 0.6 is 0 Å². The molecule has 1 saturated heterocycles. The number of rotatable bonds is 3. The highest BCUT2D eigenvalue weighted by atomic mass is 16.2. The topological polar surface area (TPSA) is 131 Å². The van der Waals surface area contributed by atoms with Gasteiger partial charge < -0.3 is 14.8 Å². The number of hydrogen-bond donors (Lipinski definition) is 2. The number of pyridine rings is 2. The summed E-state index contributed by atoms with van der Waals surface area (Å²) in [5.41, 5.74) is 2.25. The maximum atomic E-state index is 12.9. The van der Waals surface area contributed by atoms with Gasteiger partial charge in [-0.2, -0.15) is 0 Å². The molecule has 5 heterocycles. The van der Waals surface area contributed by atoms with Crippen molar-refractivity contribution in [3.8, 4) is 11.3 Å². The number of likely N-dealkylation sites (tertiary alicyclic amines) is 1. The van der Waals surface area contributed by atoms with E-state index in [2.05, 4.69) is 25.3 Å². The van der Waals surface area contributed by atoms with Crippen molar-refractivity contribution >= 4 is 22.9 Å². The number of aromatic nitrogens is 6. The van der Waals surface area contributed by atoms with Crippen molar-refractivity contribution in [3.63, 3.8) is 0 Å². The SMILES string of the molecule is Cn1cc(-c2cnccn2)cc(NC(=O)N2CCC(n3c(=O)[nH]c4ncccc43)CC2)c1=O. The van der Waals surface area contributed by atoms with Crippen LogP contribution in [0.3, 0.4) is 0 Å². The van der Waals surface area contributed by atoms with Gasteiger partial charge in [0, 0.05) is 56.5 Å². The second-order valence-corrected chi connectivity index (χ2v) is 7.97. The van der Waals surface area contributed by atoms with Gasteiger partial charge in [-0.25, -0.2) is 14.6 Å². The number of imidazole rings is 1. The molecule has 0 aromatic carbocycles. The molecule has 5 rings (SSSR count). The van der Waals surface area contributed by atoms with Crippen molar-refractivity contribution < 1.29 is 4.79 Å². The fourth-order valence-corrected chi connectivity index (χ4v) is 4.23. The maximum absolute atomic E-state index is 12.9. The fourth-order valence-electron chi connectivity index (χ4n) is 4.23. The Morgan fingerprint density at radius 1 is 1.15 bits per heavy atom. The van der Waals surface area contributed by atoms with Crippen LogP contribution in [0.25, 0.3) is 22.4 Å². The number of carbonyl (C=O) groups is 1. The predicted octanol–water partition coefficient (Wildman–Crippen LogP) is 1.75. The first-order valence-electron chi connectivity index (χ1n) is 10.6. The Labute approximate surface area is 187 Å². The average Bonchev–Trinajstić information content (AvgIpc) is 3.18. The van der Waals surface area contributed by atoms with E-state index in [0.29, 0.717) is 42.8 Å². The minimum absolute atomic E-state index is 0.0349. The highest BCUT2D eigenvalue weighted by molar-refractivity contribution is 5.90. The molecule has 1 aliphatic rings. The standard InChI is InChI=1S/C22H22N8O3/c1-28-13-14(17-12-23-7-8-24-17)11-16(20(28)31)26-21(32)29-9-4-15(5-10-29)30-18-3-2-6-25-19(18)27-22(30)33/h2-3,6-8,11-13,15H,4-5,9-10H2,1H3,(H,26,32)(H,25,27,33). The lowest BCUT2D eigenvalue weighted by Crippen LogP contribution is -2.43. The lowest BCUT2D eigenvalue weighted by atomic mass is 10.0. The number of fused-ring (bicyclic) bond motifs is 1. The van der Waals surface area contributed by atoms with Gasteiger partial charge in [-0.1, -0.05) is 0 Å². The van der Waals surface area contributed by atoms with Crippen molar-refractivity contribution in [1.82, 2.24) is 34.0 Å². The lowest BCUT2D eigenvalue weighted by molar-refractivity contribution is 0.184. The molecular weight excluding hydrogens is 424 g/mol. The van der Waals surface area contributed by atoms with Crippen molar-refractivity contribution in [2.45, 2.75) is 18.9 Å². The smallest absolute Gasteiger partial charge is 0.324 e. The Kier molecular flexibility index (Phi) is 5.21. The van der Waals surface area contributed by atoms with Gasteiger partial charge in [0.2, 0.25) is 0 Å². The average molecular weight is 446 g/mol. The highest BCUT2D eigenvalue weighted by Gasteiger charge is 2.26. The van der Waals surface area contributed by atoms with Gasteiger partial charge in [0.1, 0.15) is 5.69 Å². The van der Waals surface area contributed by atoms with Gasteiger partial charge >= 0.3 is 11.7 Å². The van der Waals surface area contributed by atoms with E-state index in [1.54, 1.807) is 59.6 Å². The molecule has 0 bridgehead atoms. The molecule has 0 atom stereocenters. The zero-order chi connectivity index (χ0) is 22.9. The normalized spacial score (nSPS) is 14.5. The van der Waals surface area contributed by atoms with E-state index in [1.165, 1.54) is 4.57 Å². The van der Waals surface area contributed by atoms with Crippen LogP contribution < -0.4 is 16.6 Å². The molecule has 33 heavy (non-hydrogen) atoms. The van der Waals surface area contributed by atoms with E-state index in [9.17, 15) is 14.4 Å². The number of anilines is 1. The second-order valence-electron chi connectivity index (χ2n) is 7.97. The molecule has 2 amide bonds. The summed E-state index contributed by atoms with van der Waals surface area (Å²) in [7, 11) is 1.62. The first kappa shape index (κ1) is 20.6. The summed E-state index contributed by atoms with van der Waals surface area (Å²) in [6, 6.07) is 4.88. The Bertz CT molecular complexity index is 1430. The number of H-pyrrole nitrogens is 1. The van der Waals surface area contributed by atoms with Gasteiger partial charge in [0.05, 0.1) is 17.4 Å². The Hall–Kier alpha value is -4.28. The molecule has 0 saturated carbocycles. The van der Waals surface area contributed by atoms with Gasteiger partial charge in [-0.05, 0) is 31.0 Å². The maximum Gasteiger partial charge on any atom is 0.327 e. The molecular formula is C22H22N8O3. The third-order valence-electron chi connectivity index (χ3n) is 5.89. The summed E-state index contributed by atoms with van der Waals surface area (Å²) in [6.45, 7) is 0.917. The van der Waals surface area contributed by atoms with Gasteiger partial charge in [-0.3, -0.25) is 24.3 Å². The molecule has 168 valence electrons. The summed E-state index contributed by atoms with van der Waals surface area (Å²) >= 11 is 0. The van der Waals surface area contributed by atoms with Gasteiger partial charge in [-0.15, -0.1) is 0 Å². The molecule has 2 N–H and O–H groups in total. The summed E-state index contributed by atoms with van der Waals surface area (Å²) in [4.78, 5) is 54.9. The van der Waals surface area contributed by atoms with E-state index in [0.717, 1.165) is 5.52 Å². The van der Waals surface area contributed by atoms with Gasteiger partial charge in [0.25, 0.3) is 5.56 Å². The molecule has 1 aliphatic heterocycles. The zero-order valence-electron chi connectivity index (χ0n) is 17.9. The third kappa shape index (κ3) is 3.88. The number of amides is 2. The molecule has 4 aromatic rings. The summed E-state index contributed by atoms with van der Waals surface area (Å²) in [5.74, 6) is 0. The number of aryl methyl sites for hydroxylation is 1. The number of hydrogen-bond acceptors (Lipinski definition) is 6. The largest absolute Gasteiger partial charge is 0.327 e. The highest BCUT2D eigenvalue weighted by Crippen LogP contribution is 2.25. The van der Waals surface area contributed by atoms with Crippen LogP contribution in [0.4, 0.5) is 10.5 Å². The van der Waals surface area contributed by atoms with Crippen molar-refractivity contribution in [2.75, 3.05) is 18.4 Å². The quantitative estimate of drug-likeness (QED) is 0.493. The molecule has 0 unspecified atom stereocenters. The summed E-state index contributed by atoms with van der Waals surface area (Å²) in [5, 5.41) is 2.74. The minimum Gasteiger partial charge on any atom is -0.324 e. The Morgan fingerprint density at radius 3 is 2.73 bits per heavy atom. The van der Waals surface area contributed by atoms with E-state index in [4.69, 9.17) is 0 Å². The molecule has 0 spiro atoms. The van der Waals surface area contributed by atoms with E-state index in [1.807, 2.05) is 6.07 Å². The molecule has 0 radical (unpaired) electrons. The minimum atomic E-state index is -0.352. The first-order valence-corrected chi connectivity index (χ1v) is 10.6. The van der Waals surface area contributed by atoms with Crippen LogP contribution in [0.5, 0.6) is 0 Å². The monoisotopic (exact) mass is 446 g/mol. The van der Waals surface area contributed by atoms with Crippen LogP contribution in [0.15, 0.2) is 58.8 Å². The van der Waals surface area contributed by atoms with E-state index in [-0.39, 0.29) is 29.0 Å². The van der Waals surface area contributed by atoms with Crippen LogP contribution in [-0.2, 0) is 7.05 Å². The fraction of sp³-hybridized carbons (Fsp3) is 0.273. The third-order valence-corrected chi connectivity index (χ3v) is 5.89. The first-order chi connectivity index (χ1) is 16.0. The van der Waals surface area contributed by atoms with Crippen molar-refractivity contribution in [2.24, 2.45) is 7.05 Å². The number of piperidine rings is 1. The lowest BCUT2D eigenvalue weighted by Gasteiger charge is -2.32. The Morgan fingerprint density at radius 2 is 1.97 bits per heavy atom. The Balaban J connectivity index is 1.31. The number of nitrogens with zero attached hydrogens (tertiary/aromatic N) is 6. The molecule has 11 heteroatoms. The number of nitrogens with one attached hydrogen (secondary N) is 2. The molecule has 4 aromatic heterocycles. The summed E-state index contributed by atoms with van der Waals surface area (Å²) < 4.78 is 3.13. The second kappa shape index (κ2) is 8.34. The van der Waals surface area contributed by atoms with Crippen LogP contribution in [0.1, 0.15) is 18.9 Å². The summed E-state index contributed by atoms with van der Waals surface area (Å²) in [6.07, 6.45) is 9.26. The number of urea groups is 1. The van der Waals surface area contributed by atoms with Crippen molar-refractivity contribution in [3.05, 3.63) is 70.0 Å². The van der Waals surface area contributed by atoms with Crippen LogP contribution in [-0.4, -0.2) is 53.1 Å². The van der Waals surface area contributed by atoms with E-state index < -0.39 is 0 Å². The molecule has 0 aliphatic carbocycles. The van der Waals surface area contributed by atoms with Crippen LogP contribution in [0, 0.1) is 0 Å². The molecule has 1 fully saturated rings. The molecule has 11 nitrogen and oxygen atoms in total. The zero-order valence-corrected chi connectivity index (χ0v) is 17.9. The number of aromatic amines is 1. The predicted molar refractivity (Wildman–Crippen MR) is 122 cm³/mol. The van der Waals surface area contributed by atoms with Gasteiger partial charge in [0.15, 0.2) is 5.65 Å².